The molecular formula is C24H25ClN2O3S. The minimum absolute atomic E-state index is 0.0559. The van der Waals surface area contributed by atoms with Crippen LogP contribution < -0.4 is 5.73 Å². The third-order valence-electron chi connectivity index (χ3n) is 5.15. The van der Waals surface area contributed by atoms with Crippen molar-refractivity contribution in [3.05, 3.63) is 101 Å². The molecule has 0 aliphatic rings. The average molecular weight is 457 g/mol. The maximum Gasteiger partial charge on any atom is 0.244 e. The summed E-state index contributed by atoms with van der Waals surface area (Å²) in [7, 11) is -4.02. The first-order valence-electron chi connectivity index (χ1n) is 10.0. The minimum Gasteiger partial charge on any atom is -0.368 e. The predicted octanol–water partition coefficient (Wildman–Crippen LogP) is 4.36. The van der Waals surface area contributed by atoms with Gasteiger partial charge < -0.3 is 5.73 Å². The first-order valence-corrected chi connectivity index (χ1v) is 11.8. The standard InChI is InChI=1S/C24H25ClN2O3S/c1-2-18-8-10-19(11-9-18)16-17-27(23(24(26)28)20-6-4-3-5-7-20)31(29,30)22-14-12-21(25)13-15-22/h3-15,23H,2,16-17H2,1H3,(H2,26,28). The first kappa shape index (κ1) is 23.0. The van der Waals surface area contributed by atoms with Crippen molar-refractivity contribution < 1.29 is 13.2 Å². The van der Waals surface area contributed by atoms with Gasteiger partial charge in [-0.2, -0.15) is 4.31 Å². The van der Waals surface area contributed by atoms with Crippen LogP contribution in [-0.2, 0) is 27.7 Å². The third-order valence-corrected chi connectivity index (χ3v) is 7.28. The van der Waals surface area contributed by atoms with Crippen molar-refractivity contribution in [3.63, 3.8) is 0 Å². The lowest BCUT2D eigenvalue weighted by Gasteiger charge is -2.29. The van der Waals surface area contributed by atoms with E-state index in [9.17, 15) is 13.2 Å². The number of nitrogens with zero attached hydrogens (tertiary/aromatic N) is 1. The number of sulfonamides is 1. The van der Waals surface area contributed by atoms with Crippen LogP contribution in [0.2, 0.25) is 5.02 Å². The molecule has 0 spiro atoms. The van der Waals surface area contributed by atoms with Crippen LogP contribution in [0.15, 0.2) is 83.8 Å². The Morgan fingerprint density at radius 2 is 1.52 bits per heavy atom. The molecule has 0 aliphatic heterocycles. The third kappa shape index (κ3) is 5.53. The highest BCUT2D eigenvalue weighted by Crippen LogP contribution is 2.29. The van der Waals surface area contributed by atoms with Crippen LogP contribution in [0.3, 0.4) is 0 Å². The Hall–Kier alpha value is -2.67. The molecule has 1 atom stereocenters. The van der Waals surface area contributed by atoms with E-state index in [2.05, 4.69) is 6.92 Å². The number of hydrogen-bond donors (Lipinski definition) is 1. The number of aryl methyl sites for hydroxylation is 1. The maximum absolute atomic E-state index is 13.6. The Bertz CT molecular complexity index is 1120. The van der Waals surface area contributed by atoms with Crippen molar-refractivity contribution in [2.75, 3.05) is 6.54 Å². The Morgan fingerprint density at radius 1 is 0.935 bits per heavy atom. The van der Waals surface area contributed by atoms with Gasteiger partial charge in [0.1, 0.15) is 6.04 Å². The minimum atomic E-state index is -4.02. The Kier molecular flexibility index (Phi) is 7.49. The van der Waals surface area contributed by atoms with Crippen LogP contribution in [0.4, 0.5) is 0 Å². The molecule has 0 radical (unpaired) electrons. The van der Waals surface area contributed by atoms with E-state index < -0.39 is 22.0 Å². The molecule has 162 valence electrons. The van der Waals surface area contributed by atoms with Crippen LogP contribution in [0.1, 0.15) is 29.7 Å². The van der Waals surface area contributed by atoms with Crippen LogP contribution in [0, 0.1) is 0 Å². The van der Waals surface area contributed by atoms with Crippen LogP contribution in [0.25, 0.3) is 0 Å². The molecule has 1 amide bonds. The van der Waals surface area contributed by atoms with Crippen LogP contribution in [-0.4, -0.2) is 25.2 Å². The lowest BCUT2D eigenvalue weighted by Crippen LogP contribution is -2.42. The average Bonchev–Trinajstić information content (AvgIpc) is 2.77. The van der Waals surface area contributed by atoms with Gasteiger partial charge in [-0.25, -0.2) is 8.42 Å². The van der Waals surface area contributed by atoms with Crippen LogP contribution >= 0.6 is 11.6 Å². The normalized spacial score (nSPS) is 12.6. The smallest absolute Gasteiger partial charge is 0.244 e. The molecule has 0 heterocycles. The number of rotatable bonds is 9. The quantitative estimate of drug-likeness (QED) is 0.519. The van der Waals surface area contributed by atoms with Crippen molar-refractivity contribution in [1.29, 1.82) is 0 Å². The van der Waals surface area contributed by atoms with Crippen molar-refractivity contribution in [2.24, 2.45) is 5.73 Å². The van der Waals surface area contributed by atoms with Gasteiger partial charge in [0.05, 0.1) is 4.90 Å². The molecule has 2 N–H and O–H groups in total. The summed E-state index contributed by atoms with van der Waals surface area (Å²) in [4.78, 5) is 12.5. The Morgan fingerprint density at radius 3 is 2.06 bits per heavy atom. The molecule has 7 heteroatoms. The largest absolute Gasteiger partial charge is 0.368 e. The van der Waals surface area contributed by atoms with E-state index in [4.69, 9.17) is 17.3 Å². The molecule has 31 heavy (non-hydrogen) atoms. The summed E-state index contributed by atoms with van der Waals surface area (Å²) in [6, 6.07) is 21.5. The molecule has 0 bridgehead atoms. The molecule has 3 rings (SSSR count). The number of halogens is 1. The highest BCUT2D eigenvalue weighted by atomic mass is 35.5. The van der Waals surface area contributed by atoms with Crippen molar-refractivity contribution in [2.45, 2.75) is 30.7 Å². The second-order valence-electron chi connectivity index (χ2n) is 7.21. The van der Waals surface area contributed by atoms with Gasteiger partial charge in [-0.3, -0.25) is 4.79 Å². The fourth-order valence-corrected chi connectivity index (χ4v) is 5.13. The monoisotopic (exact) mass is 456 g/mol. The molecular weight excluding hydrogens is 432 g/mol. The van der Waals surface area contributed by atoms with Gasteiger partial charge in [0.25, 0.3) is 0 Å². The second kappa shape index (κ2) is 10.1. The van der Waals surface area contributed by atoms with Gasteiger partial charge in [-0.05, 0) is 53.8 Å². The molecule has 3 aromatic rings. The zero-order valence-corrected chi connectivity index (χ0v) is 18.8. The summed E-state index contributed by atoms with van der Waals surface area (Å²) in [5.41, 5.74) is 8.41. The Balaban J connectivity index is 2.01. The topological polar surface area (TPSA) is 80.5 Å². The summed E-state index contributed by atoms with van der Waals surface area (Å²) in [5.74, 6) is -0.731. The molecule has 1 unspecified atom stereocenters. The summed E-state index contributed by atoms with van der Waals surface area (Å²) in [6.45, 7) is 2.17. The van der Waals surface area contributed by atoms with Gasteiger partial charge in [-0.15, -0.1) is 0 Å². The molecule has 5 nitrogen and oxygen atoms in total. The van der Waals surface area contributed by atoms with E-state index in [1.54, 1.807) is 30.3 Å². The zero-order valence-electron chi connectivity index (χ0n) is 17.2. The highest BCUT2D eigenvalue weighted by Gasteiger charge is 2.35. The molecule has 0 aromatic heterocycles. The maximum atomic E-state index is 13.6. The number of amides is 1. The fraction of sp³-hybridized carbons (Fsp3) is 0.208. The van der Waals surface area contributed by atoms with Gasteiger partial charge in [-0.1, -0.05) is 73.1 Å². The van der Waals surface area contributed by atoms with Crippen molar-refractivity contribution >= 4 is 27.5 Å². The van der Waals surface area contributed by atoms with Crippen LogP contribution in [0.5, 0.6) is 0 Å². The van der Waals surface area contributed by atoms with E-state index in [1.807, 2.05) is 24.3 Å². The lowest BCUT2D eigenvalue weighted by molar-refractivity contribution is -0.121. The summed E-state index contributed by atoms with van der Waals surface area (Å²) in [6.07, 6.45) is 1.36. The zero-order chi connectivity index (χ0) is 22.4. The van der Waals surface area contributed by atoms with E-state index >= 15 is 0 Å². The van der Waals surface area contributed by atoms with E-state index in [0.717, 1.165) is 12.0 Å². The predicted molar refractivity (Wildman–Crippen MR) is 123 cm³/mol. The summed E-state index contributed by atoms with van der Waals surface area (Å²) < 4.78 is 28.3. The van der Waals surface area contributed by atoms with Gasteiger partial charge >= 0.3 is 0 Å². The number of benzene rings is 3. The van der Waals surface area contributed by atoms with E-state index in [-0.39, 0.29) is 11.4 Å². The number of carbonyl (C=O) groups is 1. The number of nitrogens with two attached hydrogens (primary N) is 1. The summed E-state index contributed by atoms with van der Waals surface area (Å²) in [5, 5.41) is 0.427. The molecule has 3 aromatic carbocycles. The van der Waals surface area contributed by atoms with Gasteiger partial charge in [0, 0.05) is 11.6 Å². The van der Waals surface area contributed by atoms with Gasteiger partial charge in [0.15, 0.2) is 0 Å². The first-order chi connectivity index (χ1) is 14.8. The Labute approximate surface area is 188 Å². The number of carbonyl (C=O) groups excluding carboxylic acids is 1. The van der Waals surface area contributed by atoms with E-state index in [0.29, 0.717) is 17.0 Å². The number of hydrogen-bond acceptors (Lipinski definition) is 3. The van der Waals surface area contributed by atoms with Crippen molar-refractivity contribution in [1.82, 2.24) is 4.31 Å². The number of primary amides is 1. The molecule has 0 fully saturated rings. The lowest BCUT2D eigenvalue weighted by atomic mass is 10.0. The van der Waals surface area contributed by atoms with Crippen molar-refractivity contribution in [3.8, 4) is 0 Å². The van der Waals surface area contributed by atoms with Gasteiger partial charge in [0.2, 0.25) is 15.9 Å². The SMILES string of the molecule is CCc1ccc(CCN(C(C(N)=O)c2ccccc2)S(=O)(=O)c2ccc(Cl)cc2)cc1. The second-order valence-corrected chi connectivity index (χ2v) is 9.53. The van der Waals surface area contributed by atoms with E-state index in [1.165, 1.54) is 34.1 Å². The highest BCUT2D eigenvalue weighted by molar-refractivity contribution is 7.89. The fourth-order valence-electron chi connectivity index (χ4n) is 3.42. The molecule has 0 saturated heterocycles. The molecule has 0 aliphatic carbocycles. The molecule has 0 saturated carbocycles. The summed E-state index contributed by atoms with van der Waals surface area (Å²) >= 11 is 5.93.